The molecule has 0 bridgehead atoms. The number of hydrogen-bond donors (Lipinski definition) is 1. The first kappa shape index (κ1) is 11.9. The van der Waals surface area contributed by atoms with Gasteiger partial charge in [0.05, 0.1) is 0 Å². The lowest BCUT2D eigenvalue weighted by Crippen LogP contribution is -2.42. The summed E-state index contributed by atoms with van der Waals surface area (Å²) >= 11 is 0. The second-order valence-corrected chi connectivity index (χ2v) is 3.88. The van der Waals surface area contributed by atoms with Gasteiger partial charge in [0.15, 0.2) is 0 Å². The molecule has 0 aliphatic heterocycles. The van der Waals surface area contributed by atoms with E-state index >= 15 is 0 Å². The van der Waals surface area contributed by atoms with Crippen molar-refractivity contribution < 1.29 is 0 Å². The maximum Gasteiger partial charge on any atom is 0.0104 e. The molecule has 12 heavy (non-hydrogen) atoms. The molecule has 0 amide bonds. The lowest BCUT2D eigenvalue weighted by atomic mass is 10.0. The van der Waals surface area contributed by atoms with Crippen LogP contribution in [-0.4, -0.2) is 30.6 Å². The Morgan fingerprint density at radius 3 is 2.08 bits per heavy atom. The van der Waals surface area contributed by atoms with Crippen LogP contribution >= 0.6 is 0 Å². The van der Waals surface area contributed by atoms with Gasteiger partial charge in [-0.2, -0.15) is 0 Å². The van der Waals surface area contributed by atoms with E-state index in [1.165, 1.54) is 6.42 Å². The van der Waals surface area contributed by atoms with Crippen molar-refractivity contribution in [1.29, 1.82) is 0 Å². The highest BCUT2D eigenvalue weighted by atomic mass is 15.2. The Morgan fingerprint density at radius 1 is 1.25 bits per heavy atom. The molecule has 3 atom stereocenters. The quantitative estimate of drug-likeness (QED) is 0.684. The average molecular weight is 172 g/mol. The van der Waals surface area contributed by atoms with Gasteiger partial charge in [-0.3, -0.25) is 0 Å². The topological polar surface area (TPSA) is 29.3 Å². The van der Waals surface area contributed by atoms with Crippen molar-refractivity contribution in [2.45, 2.75) is 46.2 Å². The highest BCUT2D eigenvalue weighted by molar-refractivity contribution is 4.74. The summed E-state index contributed by atoms with van der Waals surface area (Å²) in [5, 5.41) is 0. The van der Waals surface area contributed by atoms with Gasteiger partial charge in [-0.05, 0) is 39.8 Å². The summed E-state index contributed by atoms with van der Waals surface area (Å²) in [6.45, 7) is 9.73. The first-order valence-corrected chi connectivity index (χ1v) is 4.96. The minimum absolute atomic E-state index is 0.587. The Balaban J connectivity index is 3.99. The fourth-order valence-corrected chi connectivity index (χ4v) is 1.29. The second kappa shape index (κ2) is 5.55. The van der Waals surface area contributed by atoms with Crippen LogP contribution in [-0.2, 0) is 0 Å². The zero-order chi connectivity index (χ0) is 9.72. The molecule has 0 radical (unpaired) electrons. The summed E-state index contributed by atoms with van der Waals surface area (Å²) < 4.78 is 0. The molecule has 0 aliphatic rings. The maximum absolute atomic E-state index is 5.63. The van der Waals surface area contributed by atoms with E-state index in [9.17, 15) is 0 Å². The molecule has 74 valence electrons. The highest BCUT2D eigenvalue weighted by Gasteiger charge is 2.18. The zero-order valence-corrected chi connectivity index (χ0v) is 9.17. The predicted octanol–water partition coefficient (Wildman–Crippen LogP) is 1.70. The average Bonchev–Trinajstić information content (AvgIpc) is 2.12. The first-order chi connectivity index (χ1) is 5.54. The van der Waals surface area contributed by atoms with Gasteiger partial charge in [-0.1, -0.05) is 13.8 Å². The standard InChI is InChI=1S/C10H24N2/c1-6-9(3)12(5)10(4)8(2)7-11/h8-10H,6-7,11H2,1-5H3. The summed E-state index contributed by atoms with van der Waals surface area (Å²) in [6.07, 6.45) is 1.21. The van der Waals surface area contributed by atoms with E-state index in [-0.39, 0.29) is 0 Å². The van der Waals surface area contributed by atoms with Crippen molar-refractivity contribution in [1.82, 2.24) is 4.90 Å². The van der Waals surface area contributed by atoms with Crippen LogP contribution in [0.15, 0.2) is 0 Å². The monoisotopic (exact) mass is 172 g/mol. The van der Waals surface area contributed by atoms with Crippen LogP contribution in [0.4, 0.5) is 0 Å². The van der Waals surface area contributed by atoms with Gasteiger partial charge in [0.25, 0.3) is 0 Å². The zero-order valence-electron chi connectivity index (χ0n) is 9.17. The van der Waals surface area contributed by atoms with Gasteiger partial charge in [0.1, 0.15) is 0 Å². The fourth-order valence-electron chi connectivity index (χ4n) is 1.29. The largest absolute Gasteiger partial charge is 0.330 e. The number of rotatable bonds is 5. The lowest BCUT2D eigenvalue weighted by Gasteiger charge is -2.33. The maximum atomic E-state index is 5.63. The molecular weight excluding hydrogens is 148 g/mol. The fraction of sp³-hybridized carbons (Fsp3) is 1.00. The van der Waals surface area contributed by atoms with Crippen molar-refractivity contribution in [3.8, 4) is 0 Å². The summed E-state index contributed by atoms with van der Waals surface area (Å²) in [7, 11) is 2.19. The third-order valence-corrected chi connectivity index (χ3v) is 3.12. The molecule has 0 spiro atoms. The minimum atomic E-state index is 0.587. The van der Waals surface area contributed by atoms with Gasteiger partial charge in [-0.25, -0.2) is 0 Å². The van der Waals surface area contributed by atoms with Crippen LogP contribution in [0.3, 0.4) is 0 Å². The van der Waals surface area contributed by atoms with Crippen molar-refractivity contribution in [3.05, 3.63) is 0 Å². The van der Waals surface area contributed by atoms with Crippen molar-refractivity contribution >= 4 is 0 Å². The van der Waals surface area contributed by atoms with Crippen LogP contribution < -0.4 is 5.73 Å². The summed E-state index contributed by atoms with van der Waals surface area (Å²) in [5.74, 6) is 0.587. The first-order valence-electron chi connectivity index (χ1n) is 4.96. The van der Waals surface area contributed by atoms with Crippen LogP contribution in [0.25, 0.3) is 0 Å². The van der Waals surface area contributed by atoms with E-state index in [4.69, 9.17) is 5.73 Å². The Hall–Kier alpha value is -0.0800. The molecule has 0 aromatic carbocycles. The Kier molecular flexibility index (Phi) is 5.51. The van der Waals surface area contributed by atoms with Gasteiger partial charge in [0, 0.05) is 12.1 Å². The molecule has 0 saturated carbocycles. The van der Waals surface area contributed by atoms with Crippen LogP contribution in [0, 0.1) is 5.92 Å². The molecule has 2 N–H and O–H groups in total. The van der Waals surface area contributed by atoms with Crippen molar-refractivity contribution in [2.75, 3.05) is 13.6 Å². The van der Waals surface area contributed by atoms with Crippen LogP contribution in [0.1, 0.15) is 34.1 Å². The molecule has 2 heteroatoms. The molecule has 0 aromatic heterocycles. The molecule has 3 unspecified atom stereocenters. The van der Waals surface area contributed by atoms with Crippen molar-refractivity contribution in [2.24, 2.45) is 11.7 Å². The number of nitrogens with two attached hydrogens (primary N) is 1. The van der Waals surface area contributed by atoms with Gasteiger partial charge >= 0.3 is 0 Å². The van der Waals surface area contributed by atoms with E-state index < -0.39 is 0 Å². The molecular formula is C10H24N2. The van der Waals surface area contributed by atoms with Crippen LogP contribution in [0.5, 0.6) is 0 Å². The Bertz CT molecular complexity index is 100. The van der Waals surface area contributed by atoms with Gasteiger partial charge in [0.2, 0.25) is 0 Å². The van der Waals surface area contributed by atoms with Gasteiger partial charge in [-0.15, -0.1) is 0 Å². The Morgan fingerprint density at radius 2 is 1.75 bits per heavy atom. The van der Waals surface area contributed by atoms with E-state index in [0.29, 0.717) is 18.0 Å². The molecule has 0 heterocycles. The smallest absolute Gasteiger partial charge is 0.0104 e. The van der Waals surface area contributed by atoms with E-state index in [1.54, 1.807) is 0 Å². The molecule has 0 fully saturated rings. The van der Waals surface area contributed by atoms with Gasteiger partial charge < -0.3 is 10.6 Å². The lowest BCUT2D eigenvalue weighted by molar-refractivity contribution is 0.150. The van der Waals surface area contributed by atoms with Crippen LogP contribution in [0.2, 0.25) is 0 Å². The predicted molar refractivity (Wildman–Crippen MR) is 55.2 cm³/mol. The normalized spacial score (nSPS) is 19.2. The van der Waals surface area contributed by atoms with E-state index in [2.05, 4.69) is 39.6 Å². The highest BCUT2D eigenvalue weighted by Crippen LogP contribution is 2.12. The third-order valence-electron chi connectivity index (χ3n) is 3.12. The number of nitrogens with zero attached hydrogens (tertiary/aromatic N) is 1. The summed E-state index contributed by atoms with van der Waals surface area (Å²) in [5.41, 5.74) is 5.63. The summed E-state index contributed by atoms with van der Waals surface area (Å²) in [6, 6.07) is 1.25. The molecule has 0 saturated heterocycles. The van der Waals surface area contributed by atoms with Crippen molar-refractivity contribution in [3.63, 3.8) is 0 Å². The second-order valence-electron chi connectivity index (χ2n) is 3.88. The molecule has 2 nitrogen and oxygen atoms in total. The molecule has 0 rings (SSSR count). The molecule has 0 aliphatic carbocycles. The minimum Gasteiger partial charge on any atom is -0.330 e. The third kappa shape index (κ3) is 3.11. The van der Waals surface area contributed by atoms with E-state index in [1.807, 2.05) is 0 Å². The Labute approximate surface area is 77.1 Å². The van der Waals surface area contributed by atoms with E-state index in [0.717, 1.165) is 6.54 Å². The SMILES string of the molecule is CCC(C)N(C)C(C)C(C)CN. The number of hydrogen-bond acceptors (Lipinski definition) is 2. The summed E-state index contributed by atoms with van der Waals surface area (Å²) in [4.78, 5) is 2.41. The molecule has 0 aromatic rings.